The van der Waals surface area contributed by atoms with Gasteiger partial charge in [-0.2, -0.15) is 0 Å². The van der Waals surface area contributed by atoms with Crippen molar-refractivity contribution in [3.05, 3.63) is 36.6 Å². The summed E-state index contributed by atoms with van der Waals surface area (Å²) >= 11 is 0. The van der Waals surface area contributed by atoms with Crippen LogP contribution < -0.4 is 5.32 Å². The van der Waals surface area contributed by atoms with Crippen molar-refractivity contribution < 1.29 is 0 Å². The second kappa shape index (κ2) is 4.09. The molecular formula is C9H12N2. The molecule has 0 spiro atoms. The summed E-state index contributed by atoms with van der Waals surface area (Å²) in [6.45, 7) is 2.79. The molecule has 0 fully saturated rings. The van der Waals surface area contributed by atoms with E-state index >= 15 is 0 Å². The van der Waals surface area contributed by atoms with E-state index in [1.165, 1.54) is 5.56 Å². The van der Waals surface area contributed by atoms with Crippen molar-refractivity contribution in [1.82, 2.24) is 10.3 Å². The molecule has 0 bridgehead atoms. The molecule has 1 aromatic rings. The van der Waals surface area contributed by atoms with Gasteiger partial charge in [-0.3, -0.25) is 4.98 Å². The van der Waals surface area contributed by atoms with Gasteiger partial charge in [0.25, 0.3) is 0 Å². The van der Waals surface area contributed by atoms with Gasteiger partial charge in [0.15, 0.2) is 0 Å². The van der Waals surface area contributed by atoms with E-state index in [0.717, 1.165) is 18.7 Å². The number of aryl methyl sites for hydroxylation is 1. The fourth-order valence-electron chi connectivity index (χ4n) is 0.976. The van der Waals surface area contributed by atoms with Gasteiger partial charge in [-0.15, -0.1) is 0 Å². The molecule has 58 valence electrons. The predicted molar refractivity (Wildman–Crippen MR) is 45.0 cm³/mol. The summed E-state index contributed by atoms with van der Waals surface area (Å²) in [5, 5.41) is 2.62. The van der Waals surface area contributed by atoms with Gasteiger partial charge in [-0.25, -0.2) is 0 Å². The number of rotatable bonds is 3. The molecule has 0 aliphatic carbocycles. The van der Waals surface area contributed by atoms with Gasteiger partial charge in [-0.1, -0.05) is 0 Å². The Balaban J connectivity index is 2.56. The highest BCUT2D eigenvalue weighted by Crippen LogP contribution is 2.00. The molecule has 2 nitrogen and oxygen atoms in total. The molecule has 0 saturated carbocycles. The summed E-state index contributed by atoms with van der Waals surface area (Å²) < 4.78 is 0. The summed E-state index contributed by atoms with van der Waals surface area (Å²) in [5.74, 6) is 0. The topological polar surface area (TPSA) is 24.9 Å². The van der Waals surface area contributed by atoms with Gasteiger partial charge >= 0.3 is 0 Å². The number of pyridine rings is 1. The normalized spacial score (nSPS) is 10.0. The Hall–Kier alpha value is -0.890. The van der Waals surface area contributed by atoms with Crippen LogP contribution in [-0.2, 0) is 6.42 Å². The van der Waals surface area contributed by atoms with E-state index in [2.05, 4.69) is 16.4 Å². The minimum absolute atomic E-state index is 0.809. The SMILES string of the molecule is [CH]NCCc1ccnc(C)c1. The highest BCUT2D eigenvalue weighted by atomic mass is 14.8. The first-order chi connectivity index (χ1) is 5.33. The molecule has 0 unspecified atom stereocenters. The summed E-state index contributed by atoms with van der Waals surface area (Å²) in [4.78, 5) is 4.10. The van der Waals surface area contributed by atoms with Gasteiger partial charge in [0.1, 0.15) is 0 Å². The van der Waals surface area contributed by atoms with Crippen LogP contribution in [0.15, 0.2) is 18.3 Å². The zero-order chi connectivity index (χ0) is 8.10. The van der Waals surface area contributed by atoms with Crippen molar-refractivity contribution >= 4 is 0 Å². The lowest BCUT2D eigenvalue weighted by Gasteiger charge is -1.99. The molecule has 1 N–H and O–H groups in total. The lowest BCUT2D eigenvalue weighted by Crippen LogP contribution is -2.07. The Morgan fingerprint density at radius 3 is 3.09 bits per heavy atom. The summed E-state index contributed by atoms with van der Waals surface area (Å²) in [5.41, 5.74) is 2.33. The quantitative estimate of drug-likeness (QED) is 0.651. The van der Waals surface area contributed by atoms with Gasteiger partial charge in [0.2, 0.25) is 0 Å². The highest BCUT2D eigenvalue weighted by Gasteiger charge is 1.91. The molecule has 1 rings (SSSR count). The Kier molecular flexibility index (Phi) is 3.05. The molecule has 0 aliphatic rings. The number of nitrogens with one attached hydrogen (secondary N) is 1. The average Bonchev–Trinajstić information content (AvgIpc) is 2.01. The van der Waals surface area contributed by atoms with Gasteiger partial charge in [0, 0.05) is 18.9 Å². The van der Waals surface area contributed by atoms with E-state index in [0.29, 0.717) is 0 Å². The van der Waals surface area contributed by atoms with Crippen LogP contribution in [0.5, 0.6) is 0 Å². The molecule has 11 heavy (non-hydrogen) atoms. The van der Waals surface area contributed by atoms with E-state index in [9.17, 15) is 0 Å². The summed E-state index contributed by atoms with van der Waals surface area (Å²) in [6.07, 6.45) is 2.78. The van der Waals surface area contributed by atoms with E-state index in [-0.39, 0.29) is 0 Å². The lowest BCUT2D eigenvalue weighted by atomic mass is 10.2. The molecular weight excluding hydrogens is 136 g/mol. The molecule has 0 atom stereocenters. The van der Waals surface area contributed by atoms with E-state index < -0.39 is 0 Å². The van der Waals surface area contributed by atoms with Crippen LogP contribution in [0.3, 0.4) is 0 Å². The third kappa shape index (κ3) is 2.68. The number of aromatic nitrogens is 1. The third-order valence-electron chi connectivity index (χ3n) is 1.52. The van der Waals surface area contributed by atoms with Crippen LogP contribution in [-0.4, -0.2) is 11.5 Å². The molecule has 1 aromatic heterocycles. The summed E-state index contributed by atoms with van der Waals surface area (Å²) in [7, 11) is 5.15. The van der Waals surface area contributed by atoms with Crippen LogP contribution >= 0.6 is 0 Å². The van der Waals surface area contributed by atoms with Gasteiger partial charge in [-0.05, 0) is 37.6 Å². The monoisotopic (exact) mass is 148 g/mol. The minimum Gasteiger partial charge on any atom is -0.311 e. The Labute approximate surface area is 67.7 Å². The fourth-order valence-corrected chi connectivity index (χ4v) is 0.976. The zero-order valence-electron chi connectivity index (χ0n) is 6.67. The standard InChI is InChI=1S/C9H12N2/c1-8-7-9(3-5-10-2)4-6-11-8/h2,4,6-7,10H,3,5H2,1H3. The van der Waals surface area contributed by atoms with Crippen LogP contribution in [0.25, 0.3) is 0 Å². The fraction of sp³-hybridized carbons (Fsp3) is 0.333. The molecule has 2 heteroatoms. The Morgan fingerprint density at radius 2 is 2.45 bits per heavy atom. The lowest BCUT2D eigenvalue weighted by molar-refractivity contribution is 0.826. The van der Waals surface area contributed by atoms with Crippen molar-refractivity contribution in [2.45, 2.75) is 13.3 Å². The predicted octanol–water partition coefficient (Wildman–Crippen LogP) is 1.19. The minimum atomic E-state index is 0.809. The zero-order valence-corrected chi connectivity index (χ0v) is 6.67. The second-order valence-corrected chi connectivity index (χ2v) is 2.51. The first kappa shape index (κ1) is 8.21. The van der Waals surface area contributed by atoms with Crippen molar-refractivity contribution in [3.63, 3.8) is 0 Å². The Bertz CT molecular complexity index is 221. The van der Waals surface area contributed by atoms with Crippen LogP contribution in [0.4, 0.5) is 0 Å². The maximum atomic E-state index is 5.15. The van der Waals surface area contributed by atoms with Gasteiger partial charge in [0.05, 0.1) is 0 Å². The number of hydrogen-bond donors (Lipinski definition) is 1. The second-order valence-electron chi connectivity index (χ2n) is 2.51. The van der Waals surface area contributed by atoms with Crippen molar-refractivity contribution in [2.24, 2.45) is 0 Å². The first-order valence-electron chi connectivity index (χ1n) is 3.68. The summed E-state index contributed by atoms with van der Waals surface area (Å²) in [6, 6.07) is 4.07. The molecule has 2 radical (unpaired) electrons. The Morgan fingerprint density at radius 1 is 1.64 bits per heavy atom. The smallest absolute Gasteiger partial charge is 0.0407 e. The number of hydrogen-bond acceptors (Lipinski definition) is 2. The molecule has 0 aromatic carbocycles. The maximum Gasteiger partial charge on any atom is 0.0407 e. The molecule has 0 aliphatic heterocycles. The van der Waals surface area contributed by atoms with Gasteiger partial charge < -0.3 is 5.32 Å². The molecule has 1 heterocycles. The van der Waals surface area contributed by atoms with Crippen LogP contribution in [0.1, 0.15) is 11.3 Å². The van der Waals surface area contributed by atoms with Crippen LogP contribution in [0.2, 0.25) is 0 Å². The highest BCUT2D eigenvalue weighted by molar-refractivity contribution is 5.15. The number of nitrogens with zero attached hydrogens (tertiary/aromatic N) is 1. The first-order valence-corrected chi connectivity index (χ1v) is 3.68. The van der Waals surface area contributed by atoms with E-state index in [1.54, 1.807) is 0 Å². The average molecular weight is 148 g/mol. The van der Waals surface area contributed by atoms with Crippen molar-refractivity contribution in [1.29, 1.82) is 0 Å². The van der Waals surface area contributed by atoms with E-state index in [4.69, 9.17) is 7.05 Å². The molecule has 0 saturated heterocycles. The maximum absolute atomic E-state index is 5.15. The van der Waals surface area contributed by atoms with Crippen LogP contribution in [0, 0.1) is 14.0 Å². The van der Waals surface area contributed by atoms with Crippen molar-refractivity contribution in [3.8, 4) is 0 Å². The molecule has 0 amide bonds. The largest absolute Gasteiger partial charge is 0.311 e. The third-order valence-corrected chi connectivity index (χ3v) is 1.52. The van der Waals surface area contributed by atoms with E-state index in [1.807, 2.05) is 19.2 Å². The van der Waals surface area contributed by atoms with Crippen molar-refractivity contribution in [2.75, 3.05) is 6.54 Å².